The highest BCUT2D eigenvalue weighted by Crippen LogP contribution is 2.40. The van der Waals surface area contributed by atoms with E-state index in [1.54, 1.807) is 0 Å². The minimum atomic E-state index is -4.31. The topological polar surface area (TPSA) is 145 Å². The van der Waals surface area contributed by atoms with Crippen LogP contribution in [0.2, 0.25) is 5.02 Å². The molecule has 0 aliphatic heterocycles. The van der Waals surface area contributed by atoms with E-state index in [-0.39, 0.29) is 22.1 Å². The monoisotopic (exact) mass is 447 g/mol. The van der Waals surface area contributed by atoms with E-state index < -0.39 is 37.3 Å². The van der Waals surface area contributed by atoms with Crippen LogP contribution in [0.15, 0.2) is 26.6 Å². The Morgan fingerprint density at radius 2 is 1.83 bits per heavy atom. The molecule has 10 nitrogen and oxygen atoms in total. The van der Waals surface area contributed by atoms with E-state index in [0.717, 1.165) is 14.2 Å². The largest absolute Gasteiger partial charge is 0.504 e. The predicted octanol–water partition coefficient (Wildman–Crippen LogP) is 1.49. The minimum absolute atomic E-state index is 0.166. The van der Waals surface area contributed by atoms with Gasteiger partial charge in [0.15, 0.2) is 5.75 Å². The summed E-state index contributed by atoms with van der Waals surface area (Å²) in [6.45, 7) is 3.28. The number of rotatable bonds is 9. The number of benzene rings is 1. The summed E-state index contributed by atoms with van der Waals surface area (Å²) in [6.07, 6.45) is 0.924. The molecule has 0 unspecified atom stereocenters. The number of phenolic OH excluding ortho intramolecular Hbond substituents is 1. The third-order valence-electron chi connectivity index (χ3n) is 4.24. The molecule has 0 aromatic heterocycles. The molecule has 0 fully saturated rings. The number of hydroxylamine groups is 1. The Bertz CT molecular complexity index is 1090. The van der Waals surface area contributed by atoms with Gasteiger partial charge in [0.2, 0.25) is 0 Å². The van der Waals surface area contributed by atoms with Crippen molar-refractivity contribution < 1.29 is 23.5 Å². The van der Waals surface area contributed by atoms with Crippen molar-refractivity contribution >= 4 is 38.7 Å². The number of sulfonamides is 1. The lowest BCUT2D eigenvalue weighted by atomic mass is 10.1. The molecule has 0 radical (unpaired) electrons. The summed E-state index contributed by atoms with van der Waals surface area (Å²) in [6, 6.07) is 2.44. The standard InChI is InChI=1S/C17H22ClN3O7S/c1-5-8-17(2,25)20-12-11(14(23)15(12)24)19-10-7-6-9(18)16(13(10)22)29(26,27)21(3)28-4/h6-7,19-20,22,25H,5,8H2,1-4H3/t17-/m1/s1. The van der Waals surface area contributed by atoms with Gasteiger partial charge in [-0.05, 0) is 25.5 Å². The summed E-state index contributed by atoms with van der Waals surface area (Å²) in [4.78, 5) is 27.9. The van der Waals surface area contributed by atoms with Crippen LogP contribution in [0.1, 0.15) is 26.7 Å². The smallest absolute Gasteiger partial charge is 0.269 e. The molecule has 0 saturated heterocycles. The van der Waals surface area contributed by atoms with E-state index in [2.05, 4.69) is 15.5 Å². The Hall–Kier alpha value is -2.18. The van der Waals surface area contributed by atoms with Crippen LogP contribution in [0.25, 0.3) is 0 Å². The number of anilines is 3. The van der Waals surface area contributed by atoms with E-state index in [9.17, 15) is 28.2 Å². The van der Waals surface area contributed by atoms with Gasteiger partial charge in [0.25, 0.3) is 20.9 Å². The normalized spacial score (nSPS) is 14.2. The van der Waals surface area contributed by atoms with Gasteiger partial charge in [0, 0.05) is 7.05 Å². The van der Waals surface area contributed by atoms with Crippen LogP contribution >= 0.6 is 11.6 Å². The number of aromatic hydroxyl groups is 1. The predicted molar refractivity (Wildman–Crippen MR) is 109 cm³/mol. The third-order valence-corrected chi connectivity index (χ3v) is 6.42. The van der Waals surface area contributed by atoms with Crippen LogP contribution in [0.5, 0.6) is 5.75 Å². The highest BCUT2D eigenvalue weighted by molar-refractivity contribution is 7.89. The molecular formula is C17H22ClN3O7S. The van der Waals surface area contributed by atoms with E-state index in [0.29, 0.717) is 17.3 Å². The second kappa shape index (κ2) is 8.28. The second-order valence-electron chi connectivity index (χ2n) is 6.55. The first-order valence-corrected chi connectivity index (χ1v) is 10.3. The lowest BCUT2D eigenvalue weighted by Gasteiger charge is -2.27. The quantitative estimate of drug-likeness (QED) is 0.194. The molecular weight excluding hydrogens is 426 g/mol. The number of hydrogen-bond acceptors (Lipinski definition) is 9. The van der Waals surface area contributed by atoms with Gasteiger partial charge >= 0.3 is 0 Å². The molecule has 0 aliphatic rings. The first kappa shape index (κ1) is 23.1. The molecule has 2 rings (SSSR count). The van der Waals surface area contributed by atoms with Crippen LogP contribution in [-0.4, -0.2) is 43.0 Å². The average molecular weight is 448 g/mol. The summed E-state index contributed by atoms with van der Waals surface area (Å²) < 4.78 is 25.5. The van der Waals surface area contributed by atoms with Gasteiger partial charge in [-0.3, -0.25) is 14.4 Å². The summed E-state index contributed by atoms with van der Waals surface area (Å²) in [5.41, 5.74) is -3.72. The Labute approximate surface area is 172 Å². The number of hydrogen-bond donors (Lipinski definition) is 4. The van der Waals surface area contributed by atoms with Crippen LogP contribution < -0.4 is 21.5 Å². The molecule has 0 aliphatic carbocycles. The van der Waals surface area contributed by atoms with Crippen LogP contribution in [0.3, 0.4) is 0 Å². The molecule has 0 spiro atoms. The molecule has 0 bridgehead atoms. The number of phenols is 1. The van der Waals surface area contributed by atoms with Gasteiger partial charge < -0.3 is 20.8 Å². The third kappa shape index (κ3) is 4.38. The van der Waals surface area contributed by atoms with E-state index in [1.165, 1.54) is 19.1 Å². The summed E-state index contributed by atoms with van der Waals surface area (Å²) in [7, 11) is -2.08. The zero-order valence-corrected chi connectivity index (χ0v) is 17.8. The van der Waals surface area contributed by atoms with Gasteiger partial charge in [0.1, 0.15) is 22.0 Å². The van der Waals surface area contributed by atoms with Crippen molar-refractivity contribution in [2.24, 2.45) is 0 Å². The highest BCUT2D eigenvalue weighted by atomic mass is 35.5. The fraction of sp³-hybridized carbons (Fsp3) is 0.412. The molecule has 2 aromatic rings. The van der Waals surface area contributed by atoms with Crippen molar-refractivity contribution in [2.75, 3.05) is 24.8 Å². The number of nitrogens with zero attached hydrogens (tertiary/aromatic N) is 1. The molecule has 4 N–H and O–H groups in total. The lowest BCUT2D eigenvalue weighted by molar-refractivity contribution is -0.0259. The fourth-order valence-corrected chi connectivity index (χ4v) is 4.27. The van der Waals surface area contributed by atoms with E-state index in [1.807, 2.05) is 6.92 Å². The van der Waals surface area contributed by atoms with Crippen molar-refractivity contribution in [3.8, 4) is 5.75 Å². The summed E-state index contributed by atoms with van der Waals surface area (Å²) in [5.74, 6) is -0.763. The first-order chi connectivity index (χ1) is 13.4. The molecule has 2 aromatic carbocycles. The Kier molecular flexibility index (Phi) is 6.60. The Balaban J connectivity index is 2.48. The van der Waals surface area contributed by atoms with Crippen LogP contribution in [0.4, 0.5) is 17.1 Å². The Morgan fingerprint density at radius 3 is 2.38 bits per heavy atom. The number of aliphatic hydroxyl groups is 1. The molecule has 29 heavy (non-hydrogen) atoms. The van der Waals surface area contributed by atoms with Crippen molar-refractivity contribution in [3.63, 3.8) is 0 Å². The van der Waals surface area contributed by atoms with Crippen molar-refractivity contribution in [2.45, 2.75) is 37.3 Å². The summed E-state index contributed by atoms with van der Waals surface area (Å²) >= 11 is 5.95. The average Bonchev–Trinajstić information content (AvgIpc) is 2.64. The van der Waals surface area contributed by atoms with Gasteiger partial charge in [-0.1, -0.05) is 29.4 Å². The Morgan fingerprint density at radius 1 is 1.24 bits per heavy atom. The van der Waals surface area contributed by atoms with Gasteiger partial charge in [-0.25, -0.2) is 8.42 Å². The molecule has 0 amide bonds. The van der Waals surface area contributed by atoms with E-state index in [4.69, 9.17) is 11.6 Å². The second-order valence-corrected chi connectivity index (χ2v) is 8.83. The highest BCUT2D eigenvalue weighted by Gasteiger charge is 2.32. The number of halogens is 1. The lowest BCUT2D eigenvalue weighted by Crippen LogP contribution is -2.43. The van der Waals surface area contributed by atoms with Crippen molar-refractivity contribution in [1.29, 1.82) is 0 Å². The zero-order chi connectivity index (χ0) is 22.1. The van der Waals surface area contributed by atoms with Gasteiger partial charge in [-0.2, -0.15) is 0 Å². The fourth-order valence-electron chi connectivity index (χ4n) is 2.70. The van der Waals surface area contributed by atoms with Crippen LogP contribution in [0, 0.1) is 0 Å². The molecule has 0 saturated carbocycles. The SMILES string of the molecule is CCC[C@@](C)(O)Nc1c(Nc2ccc(Cl)c(S(=O)(=O)N(C)OC)c2O)c(=O)c1=O. The molecule has 12 heteroatoms. The zero-order valence-electron chi connectivity index (χ0n) is 16.2. The first-order valence-electron chi connectivity index (χ1n) is 8.52. The van der Waals surface area contributed by atoms with Gasteiger partial charge in [0.05, 0.1) is 17.8 Å². The molecule has 0 heterocycles. The molecule has 160 valence electrons. The maximum absolute atomic E-state index is 12.5. The minimum Gasteiger partial charge on any atom is -0.504 e. The maximum atomic E-state index is 12.5. The van der Waals surface area contributed by atoms with Crippen molar-refractivity contribution in [3.05, 3.63) is 37.6 Å². The van der Waals surface area contributed by atoms with Gasteiger partial charge in [-0.15, -0.1) is 0 Å². The number of nitrogens with one attached hydrogen (secondary N) is 2. The maximum Gasteiger partial charge on any atom is 0.269 e. The van der Waals surface area contributed by atoms with Crippen molar-refractivity contribution in [1.82, 2.24) is 4.47 Å². The van der Waals surface area contributed by atoms with E-state index >= 15 is 0 Å². The van der Waals surface area contributed by atoms with Crippen LogP contribution in [-0.2, 0) is 14.9 Å². The molecule has 1 atom stereocenters. The summed E-state index contributed by atoms with van der Waals surface area (Å²) in [5, 5.41) is 25.6.